The van der Waals surface area contributed by atoms with Crippen LogP contribution in [0.1, 0.15) is 10.5 Å². The van der Waals surface area contributed by atoms with Crippen molar-refractivity contribution in [2.45, 2.75) is 0 Å². The Balaban J connectivity index is 2.85. The minimum Gasteiger partial charge on any atom is -0.476 e. The number of nitrogens with two attached hydrogens (primary N) is 1. The van der Waals surface area contributed by atoms with E-state index in [2.05, 4.69) is 10.2 Å². The third-order valence-corrected chi connectivity index (χ3v) is 2.08. The Kier molecular flexibility index (Phi) is 1.82. The number of hydrogen-bond donors (Lipinski definition) is 3. The minimum atomic E-state index is -1.12. The van der Waals surface area contributed by atoms with E-state index in [1.54, 1.807) is 6.07 Å². The highest BCUT2D eigenvalue weighted by Gasteiger charge is 2.15. The van der Waals surface area contributed by atoms with Crippen molar-refractivity contribution < 1.29 is 9.90 Å². The Morgan fingerprint density at radius 2 is 2.29 bits per heavy atom. The van der Waals surface area contributed by atoms with Crippen LogP contribution in [0.15, 0.2) is 12.1 Å². The number of carbonyl (C=O) groups is 1. The average molecular weight is 212 g/mol. The molecule has 1 heterocycles. The van der Waals surface area contributed by atoms with Crippen molar-refractivity contribution in [1.82, 2.24) is 10.2 Å². The number of nitrogens with one attached hydrogen (secondary N) is 1. The van der Waals surface area contributed by atoms with Gasteiger partial charge >= 0.3 is 5.97 Å². The molecule has 0 aliphatic heterocycles. The third-order valence-electron chi connectivity index (χ3n) is 1.86. The fourth-order valence-electron chi connectivity index (χ4n) is 1.31. The number of aromatic nitrogens is 2. The predicted molar refractivity (Wildman–Crippen MR) is 52.5 cm³/mol. The number of H-pyrrole nitrogens is 1. The van der Waals surface area contributed by atoms with Gasteiger partial charge < -0.3 is 10.8 Å². The summed E-state index contributed by atoms with van der Waals surface area (Å²) in [5.41, 5.74) is 6.37. The first-order chi connectivity index (χ1) is 6.59. The van der Waals surface area contributed by atoms with E-state index < -0.39 is 5.97 Å². The molecule has 0 spiro atoms. The van der Waals surface area contributed by atoms with E-state index in [0.717, 1.165) is 0 Å². The zero-order valence-electron chi connectivity index (χ0n) is 6.91. The van der Waals surface area contributed by atoms with E-state index in [4.69, 9.17) is 22.4 Å². The lowest BCUT2D eigenvalue weighted by molar-refractivity contribution is 0.0692. The second kappa shape index (κ2) is 2.88. The summed E-state index contributed by atoms with van der Waals surface area (Å²) in [4.78, 5) is 10.7. The van der Waals surface area contributed by atoms with Crippen LogP contribution in [0.4, 0.5) is 5.69 Å². The molecule has 0 fully saturated rings. The van der Waals surface area contributed by atoms with Crippen LogP contribution in [0.25, 0.3) is 10.9 Å². The highest BCUT2D eigenvalue weighted by molar-refractivity contribution is 6.32. The predicted octanol–water partition coefficient (Wildman–Crippen LogP) is 1.50. The monoisotopic (exact) mass is 211 g/mol. The molecule has 0 atom stereocenters. The van der Waals surface area contributed by atoms with E-state index >= 15 is 0 Å². The molecule has 0 unspecified atom stereocenters. The molecule has 6 heteroatoms. The van der Waals surface area contributed by atoms with Gasteiger partial charge in [-0.1, -0.05) is 11.6 Å². The molecule has 0 saturated heterocycles. The molecular formula is C8H6ClN3O2. The van der Waals surface area contributed by atoms with Crippen molar-refractivity contribution in [1.29, 1.82) is 0 Å². The number of nitrogen functional groups attached to an aromatic ring is 1. The SMILES string of the molecule is Nc1cc(Cl)cc2[nH]nc(C(=O)O)c12. The van der Waals surface area contributed by atoms with E-state index in [0.29, 0.717) is 21.6 Å². The Morgan fingerprint density at radius 3 is 2.93 bits per heavy atom. The van der Waals surface area contributed by atoms with E-state index in [9.17, 15) is 4.79 Å². The average Bonchev–Trinajstić information content (AvgIpc) is 2.47. The summed E-state index contributed by atoms with van der Waals surface area (Å²) in [7, 11) is 0. The Labute approximate surface area is 83.5 Å². The normalized spacial score (nSPS) is 10.6. The van der Waals surface area contributed by atoms with Crippen LogP contribution in [0, 0.1) is 0 Å². The van der Waals surface area contributed by atoms with Gasteiger partial charge in [-0.25, -0.2) is 4.79 Å². The molecule has 0 amide bonds. The van der Waals surface area contributed by atoms with Gasteiger partial charge in [-0.2, -0.15) is 5.10 Å². The first kappa shape index (κ1) is 8.83. The Morgan fingerprint density at radius 1 is 1.57 bits per heavy atom. The van der Waals surface area contributed by atoms with Crippen LogP contribution in [0.5, 0.6) is 0 Å². The van der Waals surface area contributed by atoms with Crippen LogP contribution in [0.3, 0.4) is 0 Å². The highest BCUT2D eigenvalue weighted by atomic mass is 35.5. The van der Waals surface area contributed by atoms with Crippen molar-refractivity contribution in [2.24, 2.45) is 0 Å². The number of anilines is 1. The summed E-state index contributed by atoms with van der Waals surface area (Å²) in [6.45, 7) is 0. The maximum Gasteiger partial charge on any atom is 0.357 e. The first-order valence-electron chi connectivity index (χ1n) is 3.76. The molecule has 2 rings (SSSR count). The number of aromatic carboxylic acids is 1. The second-order valence-electron chi connectivity index (χ2n) is 2.79. The maximum atomic E-state index is 10.7. The summed E-state index contributed by atoms with van der Waals surface area (Å²) in [5.74, 6) is -1.12. The Bertz CT molecular complexity index is 521. The number of aromatic amines is 1. The molecule has 2 aromatic rings. The summed E-state index contributed by atoms with van der Waals surface area (Å²) >= 11 is 5.74. The fourth-order valence-corrected chi connectivity index (χ4v) is 1.53. The zero-order valence-corrected chi connectivity index (χ0v) is 7.67. The minimum absolute atomic E-state index is 0.0887. The van der Waals surface area contributed by atoms with E-state index in [-0.39, 0.29) is 5.69 Å². The topological polar surface area (TPSA) is 92.0 Å². The largest absolute Gasteiger partial charge is 0.476 e. The van der Waals surface area contributed by atoms with Crippen molar-refractivity contribution >= 4 is 34.2 Å². The van der Waals surface area contributed by atoms with Gasteiger partial charge in [0.25, 0.3) is 0 Å². The second-order valence-corrected chi connectivity index (χ2v) is 3.23. The summed E-state index contributed by atoms with van der Waals surface area (Å²) < 4.78 is 0. The van der Waals surface area contributed by atoms with Crippen LogP contribution in [0.2, 0.25) is 5.02 Å². The van der Waals surface area contributed by atoms with Crippen LogP contribution >= 0.6 is 11.6 Å². The van der Waals surface area contributed by atoms with Gasteiger partial charge in [-0.05, 0) is 12.1 Å². The van der Waals surface area contributed by atoms with E-state index in [1.807, 2.05) is 0 Å². The molecule has 1 aromatic carbocycles. The summed E-state index contributed by atoms with van der Waals surface area (Å²) in [5, 5.41) is 15.8. The zero-order chi connectivity index (χ0) is 10.3. The maximum absolute atomic E-state index is 10.7. The number of fused-ring (bicyclic) bond motifs is 1. The number of hydrogen-bond acceptors (Lipinski definition) is 3. The van der Waals surface area contributed by atoms with Gasteiger partial charge in [-0.15, -0.1) is 0 Å². The number of rotatable bonds is 1. The van der Waals surface area contributed by atoms with Crippen molar-refractivity contribution in [3.05, 3.63) is 22.8 Å². The molecule has 1 aromatic heterocycles. The molecule has 0 saturated carbocycles. The fraction of sp³-hybridized carbons (Fsp3) is 0. The van der Waals surface area contributed by atoms with Crippen molar-refractivity contribution in [3.63, 3.8) is 0 Å². The van der Waals surface area contributed by atoms with E-state index in [1.165, 1.54) is 6.07 Å². The molecular weight excluding hydrogens is 206 g/mol. The number of carboxylic acid groups (broad SMARTS) is 1. The van der Waals surface area contributed by atoms with Crippen molar-refractivity contribution in [2.75, 3.05) is 5.73 Å². The van der Waals surface area contributed by atoms with Gasteiger partial charge in [0, 0.05) is 10.7 Å². The van der Waals surface area contributed by atoms with Crippen molar-refractivity contribution in [3.8, 4) is 0 Å². The van der Waals surface area contributed by atoms with Crippen LogP contribution < -0.4 is 5.73 Å². The van der Waals surface area contributed by atoms with Gasteiger partial charge in [0.2, 0.25) is 0 Å². The number of nitrogens with zero attached hydrogens (tertiary/aromatic N) is 1. The first-order valence-corrected chi connectivity index (χ1v) is 4.14. The number of carboxylic acids is 1. The third kappa shape index (κ3) is 1.18. The Hall–Kier alpha value is -1.75. The van der Waals surface area contributed by atoms with Gasteiger partial charge in [0.05, 0.1) is 10.9 Å². The smallest absolute Gasteiger partial charge is 0.357 e. The lowest BCUT2D eigenvalue weighted by atomic mass is 10.2. The lowest BCUT2D eigenvalue weighted by Gasteiger charge is -1.97. The molecule has 14 heavy (non-hydrogen) atoms. The quantitative estimate of drug-likeness (QED) is 0.624. The highest BCUT2D eigenvalue weighted by Crippen LogP contribution is 2.26. The molecule has 5 nitrogen and oxygen atoms in total. The molecule has 0 aliphatic carbocycles. The van der Waals surface area contributed by atoms with Gasteiger partial charge in [0.1, 0.15) is 0 Å². The molecule has 0 radical (unpaired) electrons. The molecule has 0 aliphatic rings. The lowest BCUT2D eigenvalue weighted by Crippen LogP contribution is -1.98. The van der Waals surface area contributed by atoms with Crippen LogP contribution in [-0.4, -0.2) is 21.3 Å². The standard InChI is InChI=1S/C8H6ClN3O2/c9-3-1-4(10)6-5(2-3)11-12-7(6)8(13)14/h1-2H,10H2,(H,11,12)(H,13,14). The van der Waals surface area contributed by atoms with Gasteiger partial charge in [-0.3, -0.25) is 5.10 Å². The molecule has 4 N–H and O–H groups in total. The van der Waals surface area contributed by atoms with Crippen LogP contribution in [-0.2, 0) is 0 Å². The molecule has 0 bridgehead atoms. The number of benzene rings is 1. The molecule has 72 valence electrons. The summed E-state index contributed by atoms with van der Waals surface area (Å²) in [6.07, 6.45) is 0. The summed E-state index contributed by atoms with van der Waals surface area (Å²) in [6, 6.07) is 3.07. The number of halogens is 1. The van der Waals surface area contributed by atoms with Gasteiger partial charge in [0.15, 0.2) is 5.69 Å².